The second-order valence-electron chi connectivity index (χ2n) is 6.29. The molecule has 1 saturated heterocycles. The first kappa shape index (κ1) is 18.3. The van der Waals surface area contributed by atoms with Gasteiger partial charge in [0.2, 0.25) is 0 Å². The molecule has 26 heavy (non-hydrogen) atoms. The van der Waals surface area contributed by atoms with Crippen LogP contribution in [-0.4, -0.2) is 48.2 Å². The predicted octanol–water partition coefficient (Wildman–Crippen LogP) is 1.33. The Labute approximate surface area is 151 Å². The summed E-state index contributed by atoms with van der Waals surface area (Å²) in [4.78, 5) is 26.3. The molecule has 1 aliphatic heterocycles. The number of nitrogens with zero attached hydrogens (tertiary/aromatic N) is 2. The number of rotatable bonds is 5. The molecule has 0 radical (unpaired) electrons. The van der Waals surface area contributed by atoms with Gasteiger partial charge in [-0.05, 0) is 23.8 Å². The number of halogens is 1. The SMILES string of the molecule is Cn1ccc(C(=O)NCC(c2ccc(F)cc2)N2CCOCC2)cc1=O. The van der Waals surface area contributed by atoms with Crippen LogP contribution in [0.4, 0.5) is 4.39 Å². The van der Waals surface area contributed by atoms with Crippen molar-refractivity contribution >= 4 is 5.91 Å². The number of morpholine rings is 1. The van der Waals surface area contributed by atoms with E-state index in [1.807, 2.05) is 0 Å². The molecule has 1 atom stereocenters. The van der Waals surface area contributed by atoms with Crippen LogP contribution in [-0.2, 0) is 11.8 Å². The summed E-state index contributed by atoms with van der Waals surface area (Å²) in [6, 6.07) is 9.15. The average molecular weight is 359 g/mol. The molecule has 0 saturated carbocycles. The van der Waals surface area contributed by atoms with Gasteiger partial charge in [-0.15, -0.1) is 0 Å². The van der Waals surface area contributed by atoms with Crippen molar-refractivity contribution < 1.29 is 13.9 Å². The molecule has 1 fully saturated rings. The van der Waals surface area contributed by atoms with E-state index in [0.29, 0.717) is 25.3 Å². The van der Waals surface area contributed by atoms with Crippen LogP contribution in [0.25, 0.3) is 0 Å². The minimum Gasteiger partial charge on any atom is -0.379 e. The van der Waals surface area contributed by atoms with Crippen molar-refractivity contribution in [2.24, 2.45) is 7.05 Å². The topological polar surface area (TPSA) is 63.6 Å². The largest absolute Gasteiger partial charge is 0.379 e. The molecule has 1 N–H and O–H groups in total. The van der Waals surface area contributed by atoms with Crippen LogP contribution in [0.1, 0.15) is 22.0 Å². The van der Waals surface area contributed by atoms with E-state index in [0.717, 1.165) is 18.7 Å². The summed E-state index contributed by atoms with van der Waals surface area (Å²) in [5, 5.41) is 2.89. The lowest BCUT2D eigenvalue weighted by atomic mass is 10.0. The summed E-state index contributed by atoms with van der Waals surface area (Å²) in [5.41, 5.74) is 1.02. The summed E-state index contributed by atoms with van der Waals surface area (Å²) in [5.74, 6) is -0.596. The van der Waals surface area contributed by atoms with Crippen molar-refractivity contribution in [3.63, 3.8) is 0 Å². The van der Waals surface area contributed by atoms with E-state index >= 15 is 0 Å². The Bertz CT molecular complexity index is 814. The lowest BCUT2D eigenvalue weighted by Gasteiger charge is -2.35. The highest BCUT2D eigenvalue weighted by molar-refractivity contribution is 5.94. The van der Waals surface area contributed by atoms with Gasteiger partial charge in [0, 0.05) is 44.5 Å². The number of benzene rings is 1. The van der Waals surface area contributed by atoms with E-state index in [1.165, 1.54) is 22.8 Å². The highest BCUT2D eigenvalue weighted by Crippen LogP contribution is 2.21. The summed E-state index contributed by atoms with van der Waals surface area (Å²) in [7, 11) is 1.63. The summed E-state index contributed by atoms with van der Waals surface area (Å²) in [6.45, 7) is 3.09. The quantitative estimate of drug-likeness (QED) is 0.875. The Hall–Kier alpha value is -2.51. The third kappa shape index (κ3) is 4.36. The summed E-state index contributed by atoms with van der Waals surface area (Å²) in [6.07, 6.45) is 1.57. The van der Waals surface area contributed by atoms with Crippen LogP contribution in [0.15, 0.2) is 47.4 Å². The zero-order valence-corrected chi connectivity index (χ0v) is 14.7. The zero-order chi connectivity index (χ0) is 18.5. The van der Waals surface area contributed by atoms with Crippen molar-refractivity contribution in [2.45, 2.75) is 6.04 Å². The van der Waals surface area contributed by atoms with Gasteiger partial charge < -0.3 is 14.6 Å². The van der Waals surface area contributed by atoms with Crippen LogP contribution in [0.2, 0.25) is 0 Å². The second kappa shape index (κ2) is 8.25. The van der Waals surface area contributed by atoms with Crippen molar-refractivity contribution in [1.82, 2.24) is 14.8 Å². The molecule has 138 valence electrons. The molecule has 0 aliphatic carbocycles. The van der Waals surface area contributed by atoms with Gasteiger partial charge in [-0.2, -0.15) is 0 Å². The Morgan fingerprint density at radius 1 is 1.23 bits per heavy atom. The highest BCUT2D eigenvalue weighted by atomic mass is 19.1. The molecule has 3 rings (SSSR count). The lowest BCUT2D eigenvalue weighted by Crippen LogP contribution is -2.44. The van der Waals surface area contributed by atoms with Crippen LogP contribution >= 0.6 is 0 Å². The minimum absolute atomic E-state index is 0.0880. The lowest BCUT2D eigenvalue weighted by molar-refractivity contribution is 0.0162. The fourth-order valence-corrected chi connectivity index (χ4v) is 3.01. The maximum atomic E-state index is 13.3. The standard InChI is InChI=1S/C19H22FN3O3/c1-22-7-6-15(12-18(22)24)19(25)21-13-17(23-8-10-26-11-9-23)14-2-4-16(20)5-3-14/h2-7,12,17H,8-11,13H2,1H3,(H,21,25). The number of hydrogen-bond donors (Lipinski definition) is 1. The van der Waals surface area contributed by atoms with E-state index in [9.17, 15) is 14.0 Å². The number of hydrogen-bond acceptors (Lipinski definition) is 4. The van der Waals surface area contributed by atoms with Gasteiger partial charge in [0.05, 0.1) is 19.3 Å². The molecule has 0 spiro atoms. The van der Waals surface area contributed by atoms with Gasteiger partial charge in [-0.25, -0.2) is 4.39 Å². The van der Waals surface area contributed by atoms with Crippen molar-refractivity contribution in [1.29, 1.82) is 0 Å². The number of ether oxygens (including phenoxy) is 1. The zero-order valence-electron chi connectivity index (χ0n) is 14.7. The van der Waals surface area contributed by atoms with Gasteiger partial charge >= 0.3 is 0 Å². The van der Waals surface area contributed by atoms with E-state index in [2.05, 4.69) is 10.2 Å². The third-order valence-corrected chi connectivity index (χ3v) is 4.56. The third-order valence-electron chi connectivity index (χ3n) is 4.56. The van der Waals surface area contributed by atoms with Crippen molar-refractivity contribution in [3.8, 4) is 0 Å². The summed E-state index contributed by atoms with van der Waals surface area (Å²) >= 11 is 0. The molecule has 1 unspecified atom stereocenters. The van der Waals surface area contributed by atoms with Crippen LogP contribution in [0.3, 0.4) is 0 Å². The first-order valence-electron chi connectivity index (χ1n) is 8.57. The van der Waals surface area contributed by atoms with Crippen molar-refractivity contribution in [2.75, 3.05) is 32.8 Å². The number of aromatic nitrogens is 1. The number of carbonyl (C=O) groups excluding carboxylic acids is 1. The maximum absolute atomic E-state index is 13.3. The van der Waals surface area contributed by atoms with Crippen LogP contribution < -0.4 is 10.9 Å². The molecule has 1 amide bonds. The average Bonchev–Trinajstić information content (AvgIpc) is 2.66. The van der Waals surface area contributed by atoms with E-state index < -0.39 is 0 Å². The molecule has 1 aromatic carbocycles. The smallest absolute Gasteiger partial charge is 0.251 e. The van der Waals surface area contributed by atoms with Crippen molar-refractivity contribution in [3.05, 3.63) is 69.9 Å². The number of aryl methyl sites for hydroxylation is 1. The fraction of sp³-hybridized carbons (Fsp3) is 0.368. The minimum atomic E-state index is -0.303. The number of nitrogens with one attached hydrogen (secondary N) is 1. The van der Waals surface area contributed by atoms with Gasteiger partial charge in [0.15, 0.2) is 0 Å². The molecule has 2 heterocycles. The first-order valence-corrected chi connectivity index (χ1v) is 8.57. The molecule has 1 aromatic heterocycles. The number of carbonyl (C=O) groups is 1. The normalized spacial score (nSPS) is 16.2. The van der Waals surface area contributed by atoms with E-state index in [1.54, 1.807) is 31.4 Å². The Balaban J connectivity index is 1.74. The molecule has 2 aromatic rings. The fourth-order valence-electron chi connectivity index (χ4n) is 3.01. The molecular formula is C19H22FN3O3. The Morgan fingerprint density at radius 2 is 1.92 bits per heavy atom. The predicted molar refractivity (Wildman–Crippen MR) is 95.5 cm³/mol. The maximum Gasteiger partial charge on any atom is 0.251 e. The van der Waals surface area contributed by atoms with E-state index in [-0.39, 0.29) is 23.3 Å². The number of pyridine rings is 1. The van der Waals surface area contributed by atoms with Crippen LogP contribution in [0, 0.1) is 5.82 Å². The van der Waals surface area contributed by atoms with Crippen LogP contribution in [0.5, 0.6) is 0 Å². The Morgan fingerprint density at radius 3 is 2.58 bits per heavy atom. The van der Waals surface area contributed by atoms with Gasteiger partial charge in [-0.1, -0.05) is 12.1 Å². The molecular weight excluding hydrogens is 337 g/mol. The first-order chi connectivity index (χ1) is 12.5. The second-order valence-corrected chi connectivity index (χ2v) is 6.29. The van der Waals surface area contributed by atoms with Gasteiger partial charge in [0.25, 0.3) is 11.5 Å². The molecule has 1 aliphatic rings. The van der Waals surface area contributed by atoms with Gasteiger partial charge in [0.1, 0.15) is 5.82 Å². The van der Waals surface area contributed by atoms with E-state index in [4.69, 9.17) is 4.74 Å². The number of amides is 1. The molecule has 7 heteroatoms. The van der Waals surface area contributed by atoms with Gasteiger partial charge in [-0.3, -0.25) is 14.5 Å². The monoisotopic (exact) mass is 359 g/mol. The molecule has 6 nitrogen and oxygen atoms in total. The summed E-state index contributed by atoms with van der Waals surface area (Å²) < 4.78 is 20.1. The molecule has 0 bridgehead atoms. The Kier molecular flexibility index (Phi) is 5.80. The highest BCUT2D eigenvalue weighted by Gasteiger charge is 2.23.